The highest BCUT2D eigenvalue weighted by Gasteiger charge is 2.31. The van der Waals surface area contributed by atoms with Crippen LogP contribution in [0.25, 0.3) is 16.9 Å². The summed E-state index contributed by atoms with van der Waals surface area (Å²) >= 11 is 6.74. The van der Waals surface area contributed by atoms with Crippen molar-refractivity contribution in [2.45, 2.75) is 65.7 Å². The summed E-state index contributed by atoms with van der Waals surface area (Å²) in [7, 11) is 1.43. The lowest BCUT2D eigenvalue weighted by Crippen LogP contribution is -2.19. The Morgan fingerprint density at radius 1 is 1.20 bits per heavy atom. The lowest BCUT2D eigenvalue weighted by Gasteiger charge is -2.21. The van der Waals surface area contributed by atoms with E-state index in [1.807, 2.05) is 11.4 Å². The molecule has 0 N–H and O–H groups in total. The first kappa shape index (κ1) is 22.3. The molecule has 1 aromatic carbocycles. The molecule has 1 atom stereocenters. The molecule has 0 bridgehead atoms. The van der Waals surface area contributed by atoms with E-state index in [2.05, 4.69) is 58.9 Å². The van der Waals surface area contributed by atoms with Gasteiger partial charge in [0, 0.05) is 22.2 Å². The fourth-order valence-corrected chi connectivity index (χ4v) is 4.29. The maximum atomic E-state index is 12.8. The predicted octanol–water partition coefficient (Wildman–Crippen LogP) is 6.02. The Labute approximate surface area is 183 Å². The molecule has 0 saturated carbocycles. The van der Waals surface area contributed by atoms with Crippen molar-refractivity contribution < 1.29 is 9.53 Å². The SMILES string of the molecule is CCCC(C(=O)OC)c1c(C)nc2c(Cl)c(C(C)(C)C)nn2c1-c1ccc(C)cc1. The van der Waals surface area contributed by atoms with Crippen LogP contribution in [0.1, 0.15) is 69.0 Å². The Morgan fingerprint density at radius 2 is 1.83 bits per heavy atom. The van der Waals surface area contributed by atoms with Gasteiger partial charge in [-0.25, -0.2) is 9.50 Å². The van der Waals surface area contributed by atoms with Gasteiger partial charge < -0.3 is 4.74 Å². The number of hydrogen-bond acceptors (Lipinski definition) is 4. The van der Waals surface area contributed by atoms with Gasteiger partial charge >= 0.3 is 5.97 Å². The van der Waals surface area contributed by atoms with Gasteiger partial charge in [0.15, 0.2) is 5.65 Å². The van der Waals surface area contributed by atoms with Crippen molar-refractivity contribution in [1.82, 2.24) is 14.6 Å². The van der Waals surface area contributed by atoms with Crippen LogP contribution in [0, 0.1) is 13.8 Å². The van der Waals surface area contributed by atoms with Crippen LogP contribution in [-0.2, 0) is 14.9 Å². The number of methoxy groups -OCH3 is 1. The normalized spacial score (nSPS) is 12.9. The molecule has 1 unspecified atom stereocenters. The number of nitrogens with zero attached hydrogens (tertiary/aromatic N) is 3. The highest BCUT2D eigenvalue weighted by atomic mass is 35.5. The molecule has 0 aliphatic heterocycles. The molecule has 0 saturated heterocycles. The van der Waals surface area contributed by atoms with Gasteiger partial charge in [-0.1, -0.05) is 75.5 Å². The highest BCUT2D eigenvalue weighted by molar-refractivity contribution is 6.34. The van der Waals surface area contributed by atoms with Crippen LogP contribution >= 0.6 is 11.6 Å². The minimum absolute atomic E-state index is 0.242. The molecule has 0 amide bonds. The number of aromatic nitrogens is 3. The number of halogens is 1. The van der Waals surface area contributed by atoms with Crippen molar-refractivity contribution in [3.8, 4) is 11.3 Å². The largest absolute Gasteiger partial charge is 0.469 e. The second-order valence-corrected chi connectivity index (χ2v) is 9.22. The fraction of sp³-hybridized carbons (Fsp3) is 0.458. The van der Waals surface area contributed by atoms with Crippen LogP contribution in [0.2, 0.25) is 5.02 Å². The molecule has 0 spiro atoms. The molecule has 6 heteroatoms. The van der Waals surface area contributed by atoms with E-state index in [0.29, 0.717) is 17.1 Å². The molecule has 3 aromatic rings. The topological polar surface area (TPSA) is 56.5 Å². The van der Waals surface area contributed by atoms with E-state index in [9.17, 15) is 4.79 Å². The Morgan fingerprint density at radius 3 is 2.37 bits per heavy atom. The summed E-state index contributed by atoms with van der Waals surface area (Å²) in [5.41, 5.74) is 5.74. The van der Waals surface area contributed by atoms with Crippen molar-refractivity contribution in [2.24, 2.45) is 0 Å². The van der Waals surface area contributed by atoms with Gasteiger partial charge in [0.05, 0.1) is 24.4 Å². The molecule has 2 heterocycles. The van der Waals surface area contributed by atoms with Gasteiger partial charge in [-0.05, 0) is 20.3 Å². The zero-order valence-electron chi connectivity index (χ0n) is 18.8. The van der Waals surface area contributed by atoms with Gasteiger partial charge in [-0.2, -0.15) is 5.10 Å². The first-order valence-electron chi connectivity index (χ1n) is 10.3. The van der Waals surface area contributed by atoms with E-state index < -0.39 is 5.92 Å². The fourth-order valence-electron chi connectivity index (χ4n) is 3.84. The van der Waals surface area contributed by atoms with Crippen LogP contribution < -0.4 is 0 Å². The van der Waals surface area contributed by atoms with E-state index in [-0.39, 0.29) is 11.4 Å². The lowest BCUT2D eigenvalue weighted by atomic mass is 9.89. The van der Waals surface area contributed by atoms with E-state index in [1.165, 1.54) is 7.11 Å². The molecule has 160 valence electrons. The van der Waals surface area contributed by atoms with Crippen molar-refractivity contribution in [3.63, 3.8) is 0 Å². The third kappa shape index (κ3) is 3.95. The van der Waals surface area contributed by atoms with Crippen LogP contribution in [0.5, 0.6) is 0 Å². The zero-order chi connectivity index (χ0) is 22.2. The number of rotatable bonds is 5. The summed E-state index contributed by atoms with van der Waals surface area (Å²) in [6, 6.07) is 8.23. The molecule has 0 radical (unpaired) electrons. The van der Waals surface area contributed by atoms with Gasteiger partial charge in [0.25, 0.3) is 0 Å². The molecule has 0 aliphatic rings. The third-order valence-electron chi connectivity index (χ3n) is 5.38. The minimum Gasteiger partial charge on any atom is -0.469 e. The quantitative estimate of drug-likeness (QED) is 0.467. The number of fused-ring (bicyclic) bond motifs is 1. The number of hydrogen-bond donors (Lipinski definition) is 0. The van der Waals surface area contributed by atoms with Gasteiger partial charge in [-0.15, -0.1) is 0 Å². The molecule has 2 aromatic heterocycles. The molecule has 3 rings (SSSR count). The first-order chi connectivity index (χ1) is 14.1. The number of aryl methyl sites for hydroxylation is 2. The summed E-state index contributed by atoms with van der Waals surface area (Å²) < 4.78 is 6.96. The smallest absolute Gasteiger partial charge is 0.313 e. The first-order valence-corrected chi connectivity index (χ1v) is 10.7. The van der Waals surface area contributed by atoms with E-state index in [0.717, 1.165) is 40.2 Å². The van der Waals surface area contributed by atoms with Gasteiger partial charge in [-0.3, -0.25) is 4.79 Å². The highest BCUT2D eigenvalue weighted by Crippen LogP contribution is 2.39. The number of ether oxygens (including phenoxy) is 1. The number of benzene rings is 1. The van der Waals surface area contributed by atoms with Crippen molar-refractivity contribution in [2.75, 3.05) is 7.11 Å². The summed E-state index contributed by atoms with van der Waals surface area (Å²) in [5.74, 6) is -0.682. The minimum atomic E-state index is -0.422. The summed E-state index contributed by atoms with van der Waals surface area (Å²) in [4.78, 5) is 17.5. The second kappa shape index (κ2) is 8.38. The lowest BCUT2D eigenvalue weighted by molar-refractivity contribution is -0.142. The molecule has 0 aliphatic carbocycles. The van der Waals surface area contributed by atoms with Crippen LogP contribution in [0.15, 0.2) is 24.3 Å². The van der Waals surface area contributed by atoms with Crippen LogP contribution in [0.4, 0.5) is 0 Å². The van der Waals surface area contributed by atoms with Gasteiger partial charge in [0.2, 0.25) is 0 Å². The summed E-state index contributed by atoms with van der Waals surface area (Å²) in [6.07, 6.45) is 1.51. The number of carbonyl (C=O) groups is 1. The Bertz CT molecular complexity index is 1080. The number of esters is 1. The van der Waals surface area contributed by atoms with Crippen LogP contribution in [0.3, 0.4) is 0 Å². The van der Waals surface area contributed by atoms with Gasteiger partial charge in [0.1, 0.15) is 5.02 Å². The monoisotopic (exact) mass is 427 g/mol. The van der Waals surface area contributed by atoms with Crippen molar-refractivity contribution in [1.29, 1.82) is 0 Å². The zero-order valence-corrected chi connectivity index (χ0v) is 19.6. The Hall–Kier alpha value is -2.40. The maximum Gasteiger partial charge on any atom is 0.313 e. The Balaban J connectivity index is 2.46. The van der Waals surface area contributed by atoms with Crippen LogP contribution in [-0.4, -0.2) is 27.7 Å². The van der Waals surface area contributed by atoms with Crippen molar-refractivity contribution in [3.05, 3.63) is 51.8 Å². The summed E-state index contributed by atoms with van der Waals surface area (Å²) in [5, 5.41) is 5.43. The maximum absolute atomic E-state index is 12.8. The second-order valence-electron chi connectivity index (χ2n) is 8.84. The molecular weight excluding hydrogens is 398 g/mol. The average Bonchev–Trinajstić information content (AvgIpc) is 3.02. The van der Waals surface area contributed by atoms with E-state index >= 15 is 0 Å². The standard InChI is InChI=1S/C24H30ClN3O2/c1-8-9-17(23(29)30-7)18-15(3)26-22-19(25)21(24(4,5)6)27-28(22)20(18)16-12-10-14(2)11-13-16/h10-13,17H,8-9H2,1-7H3. The van der Waals surface area contributed by atoms with E-state index in [4.69, 9.17) is 26.4 Å². The molecule has 5 nitrogen and oxygen atoms in total. The number of carbonyl (C=O) groups excluding carboxylic acids is 1. The molecule has 0 fully saturated rings. The third-order valence-corrected chi connectivity index (χ3v) is 5.73. The summed E-state index contributed by atoms with van der Waals surface area (Å²) in [6.45, 7) is 12.3. The average molecular weight is 428 g/mol. The Kier molecular flexibility index (Phi) is 6.23. The van der Waals surface area contributed by atoms with E-state index in [1.54, 1.807) is 0 Å². The van der Waals surface area contributed by atoms with Crippen molar-refractivity contribution >= 4 is 23.2 Å². The molecule has 30 heavy (non-hydrogen) atoms. The molecular formula is C24H30ClN3O2. The predicted molar refractivity (Wildman–Crippen MR) is 121 cm³/mol.